The molecule has 0 saturated carbocycles. The normalized spacial score (nSPS) is 10.3. The van der Waals surface area contributed by atoms with E-state index in [0.717, 1.165) is 0 Å². The number of anilines is 1. The maximum absolute atomic E-state index is 12.1. The third-order valence-corrected chi connectivity index (χ3v) is 3.70. The van der Waals surface area contributed by atoms with Gasteiger partial charge in [-0.1, -0.05) is 35.9 Å². The fraction of sp³-hybridized carbons (Fsp3) is 0.263. The number of rotatable bonds is 5. The molecule has 3 nitrogen and oxygen atoms in total. The molecule has 0 spiro atoms. The van der Waals surface area contributed by atoms with Gasteiger partial charge in [0.05, 0.1) is 5.69 Å². The maximum Gasteiger partial charge on any atom is 0.224 e. The number of aryl methyl sites for hydroxylation is 3. The number of ketones is 1. The van der Waals surface area contributed by atoms with Crippen LogP contribution in [0.4, 0.5) is 5.69 Å². The number of nitrogens with one attached hydrogen (secondary N) is 1. The van der Waals surface area contributed by atoms with E-state index in [9.17, 15) is 9.59 Å². The molecule has 2 rings (SSSR count). The molecule has 0 aliphatic rings. The van der Waals surface area contributed by atoms with Gasteiger partial charge in [0.15, 0.2) is 5.78 Å². The molecule has 114 valence electrons. The highest BCUT2D eigenvalue weighted by molar-refractivity contribution is 6.03. The lowest BCUT2D eigenvalue weighted by Crippen LogP contribution is -2.14. The van der Waals surface area contributed by atoms with Crippen LogP contribution in [0.25, 0.3) is 0 Å². The summed E-state index contributed by atoms with van der Waals surface area (Å²) in [5.74, 6) is -0.126. The largest absolute Gasteiger partial charge is 0.325 e. The SMILES string of the molecule is CC(=O)c1ccccc1NC(=O)CCc1ccc(C)cc1C. The molecule has 0 aliphatic heterocycles. The molecule has 2 aromatic carbocycles. The van der Waals surface area contributed by atoms with Crippen molar-refractivity contribution < 1.29 is 9.59 Å². The molecule has 1 N–H and O–H groups in total. The van der Waals surface area contributed by atoms with Crippen molar-refractivity contribution in [3.8, 4) is 0 Å². The van der Waals surface area contributed by atoms with Crippen LogP contribution in [0, 0.1) is 13.8 Å². The third-order valence-electron chi connectivity index (χ3n) is 3.70. The highest BCUT2D eigenvalue weighted by Crippen LogP contribution is 2.17. The molecule has 0 unspecified atom stereocenters. The molecule has 0 aromatic heterocycles. The van der Waals surface area contributed by atoms with Gasteiger partial charge in [-0.2, -0.15) is 0 Å². The lowest BCUT2D eigenvalue weighted by Gasteiger charge is -2.10. The van der Waals surface area contributed by atoms with Crippen LogP contribution in [0.1, 0.15) is 40.4 Å². The summed E-state index contributed by atoms with van der Waals surface area (Å²) < 4.78 is 0. The van der Waals surface area contributed by atoms with Crippen molar-refractivity contribution >= 4 is 17.4 Å². The van der Waals surface area contributed by atoms with E-state index >= 15 is 0 Å². The van der Waals surface area contributed by atoms with Crippen LogP contribution < -0.4 is 5.32 Å². The van der Waals surface area contributed by atoms with Crippen LogP contribution in [0.2, 0.25) is 0 Å². The lowest BCUT2D eigenvalue weighted by molar-refractivity contribution is -0.116. The van der Waals surface area contributed by atoms with E-state index in [1.807, 2.05) is 6.07 Å². The minimum atomic E-state index is -0.0753. The van der Waals surface area contributed by atoms with E-state index in [2.05, 4.69) is 37.4 Å². The summed E-state index contributed by atoms with van der Waals surface area (Å²) in [5.41, 5.74) is 4.74. The highest BCUT2D eigenvalue weighted by Gasteiger charge is 2.10. The van der Waals surface area contributed by atoms with E-state index in [0.29, 0.717) is 24.1 Å². The lowest BCUT2D eigenvalue weighted by atomic mass is 10.0. The van der Waals surface area contributed by atoms with E-state index < -0.39 is 0 Å². The molecule has 0 saturated heterocycles. The van der Waals surface area contributed by atoms with Crippen molar-refractivity contribution in [3.05, 3.63) is 64.7 Å². The van der Waals surface area contributed by atoms with Crippen LogP contribution in [-0.2, 0) is 11.2 Å². The Kier molecular flexibility index (Phi) is 5.10. The number of amides is 1. The Morgan fingerprint density at radius 1 is 1.05 bits per heavy atom. The Labute approximate surface area is 131 Å². The molecular weight excluding hydrogens is 274 g/mol. The molecule has 2 aromatic rings. The number of Topliss-reactive ketones (excluding diaryl/α,β-unsaturated/α-hetero) is 1. The van der Waals surface area contributed by atoms with Crippen molar-refractivity contribution in [2.75, 3.05) is 5.32 Å². The zero-order valence-electron chi connectivity index (χ0n) is 13.3. The second-order valence-corrected chi connectivity index (χ2v) is 5.58. The van der Waals surface area contributed by atoms with Gasteiger partial charge in [0.2, 0.25) is 5.91 Å². The summed E-state index contributed by atoms with van der Waals surface area (Å²) in [6, 6.07) is 13.3. The Bertz CT molecular complexity index is 704. The van der Waals surface area contributed by atoms with Crippen molar-refractivity contribution in [3.63, 3.8) is 0 Å². The smallest absolute Gasteiger partial charge is 0.224 e. The van der Waals surface area contributed by atoms with Gasteiger partial charge in [0, 0.05) is 12.0 Å². The molecule has 0 atom stereocenters. The minimum absolute atomic E-state index is 0.0507. The number of hydrogen-bond donors (Lipinski definition) is 1. The fourth-order valence-corrected chi connectivity index (χ4v) is 2.49. The van der Waals surface area contributed by atoms with Gasteiger partial charge in [-0.25, -0.2) is 0 Å². The fourth-order valence-electron chi connectivity index (χ4n) is 2.49. The quantitative estimate of drug-likeness (QED) is 0.845. The molecule has 0 aliphatic carbocycles. The summed E-state index contributed by atoms with van der Waals surface area (Å²) in [4.78, 5) is 23.7. The Morgan fingerprint density at radius 3 is 2.45 bits per heavy atom. The first kappa shape index (κ1) is 16.0. The molecule has 0 heterocycles. The number of hydrogen-bond acceptors (Lipinski definition) is 2. The molecule has 0 radical (unpaired) electrons. The standard InChI is InChI=1S/C19H21NO2/c1-13-8-9-16(14(2)12-13)10-11-19(22)20-18-7-5-4-6-17(18)15(3)21/h4-9,12H,10-11H2,1-3H3,(H,20,22). The molecule has 0 fully saturated rings. The van der Waals surface area contributed by atoms with Crippen molar-refractivity contribution in [2.24, 2.45) is 0 Å². The van der Waals surface area contributed by atoms with E-state index in [4.69, 9.17) is 0 Å². The number of carbonyl (C=O) groups excluding carboxylic acids is 2. The average molecular weight is 295 g/mol. The Hall–Kier alpha value is -2.42. The van der Waals surface area contributed by atoms with Crippen LogP contribution in [0.15, 0.2) is 42.5 Å². The predicted molar refractivity (Wildman–Crippen MR) is 89.3 cm³/mol. The number of carbonyl (C=O) groups is 2. The highest BCUT2D eigenvalue weighted by atomic mass is 16.1. The first-order valence-electron chi connectivity index (χ1n) is 7.43. The van der Waals surface area contributed by atoms with Gasteiger partial charge in [-0.15, -0.1) is 0 Å². The van der Waals surface area contributed by atoms with Gasteiger partial charge in [-0.3, -0.25) is 9.59 Å². The Morgan fingerprint density at radius 2 is 1.77 bits per heavy atom. The molecule has 3 heteroatoms. The van der Waals surface area contributed by atoms with E-state index in [1.165, 1.54) is 23.6 Å². The summed E-state index contributed by atoms with van der Waals surface area (Å²) in [6.45, 7) is 5.62. The molecular formula is C19H21NO2. The van der Waals surface area contributed by atoms with Crippen LogP contribution in [0.5, 0.6) is 0 Å². The number of para-hydroxylation sites is 1. The molecule has 0 bridgehead atoms. The van der Waals surface area contributed by atoms with Gasteiger partial charge < -0.3 is 5.32 Å². The third kappa shape index (κ3) is 4.04. The summed E-state index contributed by atoms with van der Waals surface area (Å²) in [5, 5.41) is 2.83. The second-order valence-electron chi connectivity index (χ2n) is 5.58. The van der Waals surface area contributed by atoms with Gasteiger partial charge >= 0.3 is 0 Å². The monoisotopic (exact) mass is 295 g/mol. The topological polar surface area (TPSA) is 46.2 Å². The van der Waals surface area contributed by atoms with Crippen LogP contribution in [0.3, 0.4) is 0 Å². The first-order chi connectivity index (χ1) is 10.5. The predicted octanol–water partition coefficient (Wildman–Crippen LogP) is 4.08. The van der Waals surface area contributed by atoms with Crippen molar-refractivity contribution in [1.29, 1.82) is 0 Å². The van der Waals surface area contributed by atoms with Crippen LogP contribution in [-0.4, -0.2) is 11.7 Å². The zero-order valence-corrected chi connectivity index (χ0v) is 13.3. The number of benzene rings is 2. The summed E-state index contributed by atoms with van der Waals surface area (Å²) >= 11 is 0. The zero-order chi connectivity index (χ0) is 16.1. The summed E-state index contributed by atoms with van der Waals surface area (Å²) in [7, 11) is 0. The van der Waals surface area contributed by atoms with E-state index in [1.54, 1.807) is 18.2 Å². The molecule has 1 amide bonds. The van der Waals surface area contributed by atoms with Gasteiger partial charge in [-0.05, 0) is 50.5 Å². The second kappa shape index (κ2) is 7.03. The minimum Gasteiger partial charge on any atom is -0.325 e. The van der Waals surface area contributed by atoms with Crippen LogP contribution >= 0.6 is 0 Å². The summed E-state index contributed by atoms with van der Waals surface area (Å²) in [6.07, 6.45) is 1.09. The van der Waals surface area contributed by atoms with Gasteiger partial charge in [0.25, 0.3) is 0 Å². The average Bonchev–Trinajstić information content (AvgIpc) is 2.46. The van der Waals surface area contributed by atoms with E-state index in [-0.39, 0.29) is 11.7 Å². The Balaban J connectivity index is 2.00. The first-order valence-corrected chi connectivity index (χ1v) is 7.43. The van der Waals surface area contributed by atoms with Gasteiger partial charge in [0.1, 0.15) is 0 Å². The maximum atomic E-state index is 12.1. The van der Waals surface area contributed by atoms with Crippen molar-refractivity contribution in [2.45, 2.75) is 33.6 Å². The van der Waals surface area contributed by atoms with Crippen molar-refractivity contribution in [1.82, 2.24) is 0 Å². The molecule has 22 heavy (non-hydrogen) atoms.